The van der Waals surface area contributed by atoms with Crippen molar-refractivity contribution in [1.29, 1.82) is 0 Å². The summed E-state index contributed by atoms with van der Waals surface area (Å²) in [5, 5.41) is 28.3. The van der Waals surface area contributed by atoms with Gasteiger partial charge in [0.25, 0.3) is 0 Å². The van der Waals surface area contributed by atoms with E-state index in [-0.39, 0.29) is 87.0 Å². The Morgan fingerprint density at radius 2 is 1.59 bits per heavy atom. The highest BCUT2D eigenvalue weighted by Crippen LogP contribution is 2.49. The number of likely N-dealkylation sites (N-methyl/N-ethyl adjacent to an activating group) is 1. The second-order valence-corrected chi connectivity index (χ2v) is 25.3. The topological polar surface area (TPSA) is 358 Å². The number of esters is 1. The summed E-state index contributed by atoms with van der Waals surface area (Å²) in [4.78, 5) is 136. The van der Waals surface area contributed by atoms with Gasteiger partial charge in [-0.15, -0.1) is 0 Å². The fourth-order valence-electron chi connectivity index (χ4n) is 11.1. The molecular weight excluding hydrogens is 1240 g/mol. The molecule has 5 rings (SSSR count). The molecule has 10 amide bonds. The zero-order valence-electron chi connectivity index (χ0n) is 56.4. The third-order valence-electron chi connectivity index (χ3n) is 17.4. The highest BCUT2D eigenvalue weighted by atomic mass is 35.5. The Labute approximate surface area is 555 Å². The summed E-state index contributed by atoms with van der Waals surface area (Å²) < 4.78 is 35.0. The summed E-state index contributed by atoms with van der Waals surface area (Å²) in [6.07, 6.45) is 2.37. The number of hydrogen-bond acceptors (Lipinski definition) is 17. The van der Waals surface area contributed by atoms with Gasteiger partial charge < -0.3 is 80.5 Å². The van der Waals surface area contributed by atoms with Crippen molar-refractivity contribution in [2.75, 3.05) is 58.7 Å². The Morgan fingerprint density at radius 3 is 2.20 bits per heavy atom. The number of anilines is 2. The van der Waals surface area contributed by atoms with Crippen molar-refractivity contribution in [3.05, 3.63) is 76.3 Å². The van der Waals surface area contributed by atoms with Crippen LogP contribution in [0.4, 0.5) is 25.8 Å². The van der Waals surface area contributed by atoms with E-state index >= 15 is 0 Å². The van der Waals surface area contributed by atoms with E-state index in [2.05, 4.69) is 31.9 Å². The van der Waals surface area contributed by atoms with Gasteiger partial charge in [-0.3, -0.25) is 34.1 Å². The Morgan fingerprint density at radius 1 is 0.926 bits per heavy atom. The molecule has 3 heterocycles. The number of nitrogens with zero attached hydrogens (tertiary/aromatic N) is 3. The number of halogens is 1. The number of methoxy groups -OCH3 is 2. The quantitative estimate of drug-likeness (QED) is 0.0208. The maximum absolute atomic E-state index is 14.5. The molecule has 520 valence electrons. The molecular formula is C66H97ClN10O17. The summed E-state index contributed by atoms with van der Waals surface area (Å²) in [5.74, 6) is -4.25. The molecule has 0 saturated carbocycles. The van der Waals surface area contributed by atoms with Gasteiger partial charge in [0.2, 0.25) is 35.4 Å². The maximum atomic E-state index is 14.5. The van der Waals surface area contributed by atoms with Crippen molar-refractivity contribution < 1.29 is 81.5 Å². The van der Waals surface area contributed by atoms with E-state index in [0.29, 0.717) is 42.0 Å². The van der Waals surface area contributed by atoms with Crippen LogP contribution >= 0.6 is 11.6 Å². The van der Waals surface area contributed by atoms with Crippen LogP contribution in [-0.4, -0.2) is 183 Å². The van der Waals surface area contributed by atoms with Gasteiger partial charge in [-0.1, -0.05) is 82.2 Å². The number of unbranched alkanes of at least 4 members (excludes halogenated alkanes) is 1. The number of allylic oxidation sites excluding steroid dienone is 3. The van der Waals surface area contributed by atoms with Crippen LogP contribution < -0.4 is 47.3 Å². The Hall–Kier alpha value is -8.01. The molecule has 28 heteroatoms. The van der Waals surface area contributed by atoms with Crippen LogP contribution in [0.5, 0.6) is 5.75 Å². The first kappa shape index (κ1) is 76.7. The van der Waals surface area contributed by atoms with Crippen LogP contribution in [0.15, 0.2) is 60.2 Å². The van der Waals surface area contributed by atoms with E-state index in [1.165, 1.54) is 52.1 Å². The first-order chi connectivity index (χ1) is 44.4. The van der Waals surface area contributed by atoms with E-state index in [0.717, 1.165) is 28.9 Å². The predicted molar refractivity (Wildman–Crippen MR) is 350 cm³/mol. The number of amides is 10. The second-order valence-electron chi connectivity index (χ2n) is 24.9. The van der Waals surface area contributed by atoms with Crippen LogP contribution in [0.25, 0.3) is 0 Å². The molecule has 9 N–H and O–H groups in total. The van der Waals surface area contributed by atoms with Gasteiger partial charge in [0.15, 0.2) is 5.72 Å². The zero-order chi connectivity index (χ0) is 69.8. The third-order valence-corrected chi connectivity index (χ3v) is 17.7. The minimum absolute atomic E-state index is 0.0759. The average molecular weight is 1340 g/mol. The van der Waals surface area contributed by atoms with Crippen molar-refractivity contribution in [1.82, 2.24) is 36.4 Å². The number of urea groups is 1. The molecule has 0 radical (unpaired) electrons. The standard InChI is InChI=1S/C66H97ClN10O17/c1-14-44(15-2)70-52(78)23-16-17-24-53(79)73-57(38(3)4)60(83)72-46(21-19-30-69-62(68)85)59(82)71-45-27-25-42(26-28-45)37-91-64(87)75(9)31-29-54(80)76(10)41(7)61(84)93-51-35-55(81)77(11)47-33-43(34-48(89-12)56(47)67)32-39(5)20-18-22-50(90-13)66(88)36-49(92-63(86)74-66)40(6)58-65(51,8)94-58/h18,20,22,25-28,33-34,38,40-41,44,46,49-51,57-58,88H,14-17,19,21,23-24,29-32,35-37H2,1-13H3,(H,70,78)(H,71,82)(H,72,83)(H,73,79)(H,74,86)(H3,68,69,85)/b22-18+,39-20+/t40-,41+,46+,49+,50-,51+,57+,58+,65+,66+/m1/s1. The molecule has 0 unspecified atom stereocenters. The first-order valence-electron chi connectivity index (χ1n) is 31.9. The lowest BCUT2D eigenvalue weighted by molar-refractivity contribution is -0.162. The number of benzene rings is 2. The molecule has 0 aromatic heterocycles. The zero-order valence-corrected chi connectivity index (χ0v) is 57.1. The summed E-state index contributed by atoms with van der Waals surface area (Å²) in [5.41, 5.74) is 4.79. The number of aliphatic hydroxyl groups is 1. The summed E-state index contributed by atoms with van der Waals surface area (Å²) >= 11 is 6.84. The second kappa shape index (κ2) is 35.5. The SMILES string of the molecule is CCC(CC)NC(=O)CCCCC(=O)N[C@H](C(=O)N[C@@H](CCCNC(N)=O)C(=O)Nc1ccc(COC(=O)N(C)CCC(=O)N(C)[C@@H](C)C(=O)O[C@H]2CC(=O)N(C)c3cc(cc(OC)c3Cl)C/C(C)=C/C=C/[C@@H](OC)[C@@]3(O)C[C@H](OC(=O)N3)[C@@H](C)[C@@H]3O[C@@]23C)cc1)C(C)C. The van der Waals surface area contributed by atoms with Crippen LogP contribution in [0.3, 0.4) is 0 Å². The Balaban J connectivity index is 1.18. The minimum Gasteiger partial charge on any atom is -0.495 e. The smallest absolute Gasteiger partial charge is 0.409 e. The summed E-state index contributed by atoms with van der Waals surface area (Å²) in [6, 6.07) is 5.91. The predicted octanol–water partition coefficient (Wildman–Crippen LogP) is 6.05. The number of nitrogens with one attached hydrogen (secondary N) is 6. The molecule has 2 fully saturated rings. The van der Waals surface area contributed by atoms with Gasteiger partial charge in [-0.05, 0) is 107 Å². The molecule has 2 aromatic rings. The molecule has 2 saturated heterocycles. The number of carbonyl (C=O) groups excluding carboxylic acids is 10. The van der Waals surface area contributed by atoms with Crippen molar-refractivity contribution in [3.63, 3.8) is 0 Å². The lowest BCUT2D eigenvalue weighted by Gasteiger charge is -2.42. The highest BCUT2D eigenvalue weighted by Gasteiger charge is 2.64. The molecule has 10 atom stereocenters. The van der Waals surface area contributed by atoms with Crippen molar-refractivity contribution in [3.8, 4) is 5.75 Å². The molecule has 3 aliphatic rings. The number of rotatable bonds is 28. The number of nitrogens with two attached hydrogens (primary N) is 1. The number of hydrogen-bond donors (Lipinski definition) is 8. The largest absolute Gasteiger partial charge is 0.495 e. The molecule has 94 heavy (non-hydrogen) atoms. The van der Waals surface area contributed by atoms with Crippen LogP contribution in [-0.2, 0) is 70.3 Å². The van der Waals surface area contributed by atoms with Gasteiger partial charge >= 0.3 is 24.2 Å². The lowest BCUT2D eigenvalue weighted by atomic mass is 9.83. The van der Waals surface area contributed by atoms with Gasteiger partial charge in [0, 0.05) is 84.7 Å². The fraction of sp³-hybridized carbons (Fsp3) is 0.606. The highest BCUT2D eigenvalue weighted by molar-refractivity contribution is 6.35. The van der Waals surface area contributed by atoms with Crippen LogP contribution in [0.1, 0.15) is 137 Å². The number of fused-ring (bicyclic) bond motifs is 5. The van der Waals surface area contributed by atoms with E-state index in [1.54, 1.807) is 76.2 Å². The summed E-state index contributed by atoms with van der Waals surface area (Å²) in [6.45, 7) is 14.1. The van der Waals surface area contributed by atoms with Crippen molar-refractivity contribution in [2.24, 2.45) is 17.6 Å². The van der Waals surface area contributed by atoms with Gasteiger partial charge in [0.05, 0.1) is 25.3 Å². The normalized spacial score (nSPS) is 23.1. The molecule has 0 aliphatic carbocycles. The van der Waals surface area contributed by atoms with Crippen molar-refractivity contribution in [2.45, 2.75) is 199 Å². The van der Waals surface area contributed by atoms with Crippen molar-refractivity contribution >= 4 is 82.6 Å². The number of ether oxygens (including phenoxy) is 6. The molecule has 3 aliphatic heterocycles. The Kier molecular flexibility index (Phi) is 29.0. The molecule has 0 spiro atoms. The molecule has 2 aromatic carbocycles. The number of primary amides is 1. The molecule has 4 bridgehead atoms. The van der Waals surface area contributed by atoms with Gasteiger partial charge in [0.1, 0.15) is 59.4 Å². The van der Waals surface area contributed by atoms with E-state index in [1.807, 2.05) is 26.8 Å². The lowest BCUT2D eigenvalue weighted by Crippen LogP contribution is -2.63. The van der Waals surface area contributed by atoms with E-state index in [9.17, 15) is 53.1 Å². The minimum atomic E-state index is -1.91. The number of carbonyl (C=O) groups is 10. The average Bonchev–Trinajstić information content (AvgIpc) is 1.57. The third kappa shape index (κ3) is 21.8. The van der Waals surface area contributed by atoms with Gasteiger partial charge in [-0.25, -0.2) is 19.2 Å². The first-order valence-corrected chi connectivity index (χ1v) is 32.3. The van der Waals surface area contributed by atoms with E-state index < -0.39 is 114 Å². The molecule has 27 nitrogen and oxygen atoms in total. The van der Waals surface area contributed by atoms with Crippen LogP contribution in [0.2, 0.25) is 5.02 Å². The Bertz CT molecular complexity index is 3070. The van der Waals surface area contributed by atoms with Crippen LogP contribution in [0, 0.1) is 11.8 Å². The fourth-order valence-corrected chi connectivity index (χ4v) is 11.4. The maximum Gasteiger partial charge on any atom is 0.409 e. The van der Waals surface area contributed by atoms with E-state index in [4.69, 9.17) is 45.8 Å². The monoisotopic (exact) mass is 1340 g/mol. The van der Waals surface area contributed by atoms with Gasteiger partial charge in [-0.2, -0.15) is 0 Å². The number of alkyl carbamates (subject to hydrolysis) is 1. The number of epoxide rings is 1. The summed E-state index contributed by atoms with van der Waals surface area (Å²) in [7, 11) is 7.21.